The van der Waals surface area contributed by atoms with Gasteiger partial charge in [-0.3, -0.25) is 0 Å². The molecule has 1 heterocycles. The van der Waals surface area contributed by atoms with Gasteiger partial charge in [-0.15, -0.1) is 0 Å². The van der Waals surface area contributed by atoms with Gasteiger partial charge in [-0.2, -0.15) is 0 Å². The summed E-state index contributed by atoms with van der Waals surface area (Å²) in [5.74, 6) is 0. The molecule has 0 amide bonds. The highest BCUT2D eigenvalue weighted by molar-refractivity contribution is 5.30. The van der Waals surface area contributed by atoms with Crippen LogP contribution in [0.5, 0.6) is 0 Å². The van der Waals surface area contributed by atoms with Crippen LogP contribution in [0.15, 0.2) is 24.3 Å². The topological polar surface area (TPSA) is 49.7 Å². The van der Waals surface area contributed by atoms with Gasteiger partial charge in [0, 0.05) is 12.0 Å². The molecule has 0 bridgehead atoms. The monoisotopic (exact) mass is 250 g/mol. The molecule has 0 saturated carbocycles. The minimum Gasteiger partial charge on any atom is -0.395 e. The van der Waals surface area contributed by atoms with Crippen LogP contribution in [0.4, 0.5) is 0 Å². The quantitative estimate of drug-likeness (QED) is 0.837. The minimum absolute atomic E-state index is 0.0488. The molecular weight excluding hydrogens is 228 g/mol. The third kappa shape index (κ3) is 2.74. The number of rotatable bonds is 5. The van der Waals surface area contributed by atoms with Crippen molar-refractivity contribution in [3.8, 4) is 0 Å². The average molecular weight is 250 g/mol. The maximum Gasteiger partial charge on any atom is 0.0586 e. The van der Waals surface area contributed by atoms with Crippen molar-refractivity contribution < 1.29 is 14.9 Å². The fourth-order valence-corrected chi connectivity index (χ4v) is 2.70. The van der Waals surface area contributed by atoms with E-state index in [4.69, 9.17) is 4.74 Å². The van der Waals surface area contributed by atoms with Crippen molar-refractivity contribution in [1.29, 1.82) is 0 Å². The highest BCUT2D eigenvalue weighted by Gasteiger charge is 2.35. The fourth-order valence-electron chi connectivity index (χ4n) is 2.70. The summed E-state index contributed by atoms with van der Waals surface area (Å²) in [6.07, 6.45) is 2.94. The second kappa shape index (κ2) is 5.83. The van der Waals surface area contributed by atoms with Crippen molar-refractivity contribution >= 4 is 0 Å². The van der Waals surface area contributed by atoms with E-state index in [0.29, 0.717) is 6.42 Å². The third-order valence-corrected chi connectivity index (χ3v) is 3.88. The normalized spacial score (nSPS) is 20.3. The number of benzene rings is 1. The fraction of sp³-hybridized carbons (Fsp3) is 0.600. The molecule has 1 unspecified atom stereocenters. The Labute approximate surface area is 108 Å². The SMILES string of the molecule is Cc1cccc(C(CO)(CO)CC2CCCO2)c1. The smallest absolute Gasteiger partial charge is 0.0586 e. The first kappa shape index (κ1) is 13.5. The zero-order valence-corrected chi connectivity index (χ0v) is 10.9. The van der Waals surface area contributed by atoms with Gasteiger partial charge in [-0.25, -0.2) is 0 Å². The molecule has 0 radical (unpaired) electrons. The first-order chi connectivity index (χ1) is 8.70. The van der Waals surface area contributed by atoms with E-state index in [-0.39, 0.29) is 19.3 Å². The molecule has 100 valence electrons. The lowest BCUT2D eigenvalue weighted by Gasteiger charge is -2.33. The summed E-state index contributed by atoms with van der Waals surface area (Å²) >= 11 is 0. The van der Waals surface area contributed by atoms with Crippen molar-refractivity contribution in [2.24, 2.45) is 0 Å². The lowest BCUT2D eigenvalue weighted by molar-refractivity contribution is 0.0389. The Bertz CT molecular complexity index is 379. The number of ether oxygens (including phenoxy) is 1. The summed E-state index contributed by atoms with van der Waals surface area (Å²) in [6, 6.07) is 8.02. The molecule has 0 aromatic heterocycles. The first-order valence-corrected chi connectivity index (χ1v) is 6.61. The molecule has 1 aliphatic heterocycles. The van der Waals surface area contributed by atoms with Crippen molar-refractivity contribution in [3.63, 3.8) is 0 Å². The standard InChI is InChI=1S/C15H22O3/c1-12-4-2-5-13(8-12)15(10-16,11-17)9-14-6-3-7-18-14/h2,4-5,8,14,16-17H,3,6-7,9-11H2,1H3. The summed E-state index contributed by atoms with van der Waals surface area (Å²) in [7, 11) is 0. The van der Waals surface area contributed by atoms with Gasteiger partial charge in [-0.1, -0.05) is 29.8 Å². The predicted molar refractivity (Wildman–Crippen MR) is 70.6 cm³/mol. The van der Waals surface area contributed by atoms with Crippen LogP contribution < -0.4 is 0 Å². The van der Waals surface area contributed by atoms with Crippen LogP contribution in [0, 0.1) is 6.92 Å². The van der Waals surface area contributed by atoms with E-state index in [2.05, 4.69) is 0 Å². The zero-order valence-electron chi connectivity index (χ0n) is 10.9. The molecule has 1 aromatic rings. The van der Waals surface area contributed by atoms with E-state index in [1.807, 2.05) is 31.2 Å². The Balaban J connectivity index is 2.24. The maximum atomic E-state index is 9.77. The third-order valence-electron chi connectivity index (χ3n) is 3.88. The molecule has 1 aromatic carbocycles. The van der Waals surface area contributed by atoms with Crippen LogP contribution in [0.1, 0.15) is 30.4 Å². The molecule has 1 saturated heterocycles. The number of hydrogen-bond acceptors (Lipinski definition) is 3. The van der Waals surface area contributed by atoms with E-state index in [9.17, 15) is 10.2 Å². The van der Waals surface area contributed by atoms with Gasteiger partial charge in [-0.05, 0) is 31.7 Å². The van der Waals surface area contributed by atoms with E-state index in [1.54, 1.807) is 0 Å². The van der Waals surface area contributed by atoms with Crippen LogP contribution >= 0.6 is 0 Å². The lowest BCUT2D eigenvalue weighted by atomic mass is 9.76. The Morgan fingerprint density at radius 2 is 2.11 bits per heavy atom. The molecule has 2 rings (SSSR count). The molecule has 1 fully saturated rings. The van der Waals surface area contributed by atoms with Crippen molar-refractivity contribution in [3.05, 3.63) is 35.4 Å². The van der Waals surface area contributed by atoms with Gasteiger partial charge in [0.2, 0.25) is 0 Å². The van der Waals surface area contributed by atoms with Crippen molar-refractivity contribution in [1.82, 2.24) is 0 Å². The van der Waals surface area contributed by atoms with Crippen molar-refractivity contribution in [2.45, 2.75) is 37.7 Å². The second-order valence-corrected chi connectivity index (χ2v) is 5.31. The van der Waals surface area contributed by atoms with E-state index < -0.39 is 5.41 Å². The van der Waals surface area contributed by atoms with Crippen LogP contribution in [0.2, 0.25) is 0 Å². The molecule has 2 N–H and O–H groups in total. The highest BCUT2D eigenvalue weighted by Crippen LogP contribution is 2.33. The Morgan fingerprint density at radius 3 is 2.67 bits per heavy atom. The van der Waals surface area contributed by atoms with Gasteiger partial charge < -0.3 is 14.9 Å². The summed E-state index contributed by atoms with van der Waals surface area (Å²) in [6.45, 7) is 2.72. The zero-order chi connectivity index (χ0) is 13.0. The van der Waals surface area contributed by atoms with Gasteiger partial charge in [0.05, 0.1) is 19.3 Å². The maximum absolute atomic E-state index is 9.77. The van der Waals surface area contributed by atoms with E-state index >= 15 is 0 Å². The van der Waals surface area contributed by atoms with Crippen LogP contribution in [0.3, 0.4) is 0 Å². The van der Waals surface area contributed by atoms with Crippen LogP contribution in [-0.2, 0) is 10.2 Å². The minimum atomic E-state index is -0.582. The van der Waals surface area contributed by atoms with Gasteiger partial charge >= 0.3 is 0 Å². The summed E-state index contributed by atoms with van der Waals surface area (Å²) in [5, 5.41) is 19.5. The Kier molecular flexibility index (Phi) is 4.38. The van der Waals surface area contributed by atoms with Gasteiger partial charge in [0.1, 0.15) is 0 Å². The second-order valence-electron chi connectivity index (χ2n) is 5.31. The lowest BCUT2D eigenvalue weighted by Crippen LogP contribution is -2.38. The summed E-state index contributed by atoms with van der Waals surface area (Å²) in [5.41, 5.74) is 1.57. The highest BCUT2D eigenvalue weighted by atomic mass is 16.5. The summed E-state index contributed by atoms with van der Waals surface area (Å²) < 4.78 is 5.64. The Hall–Kier alpha value is -0.900. The number of aryl methyl sites for hydroxylation is 1. The van der Waals surface area contributed by atoms with E-state index in [1.165, 1.54) is 0 Å². The molecule has 1 aliphatic rings. The predicted octanol–water partition coefficient (Wildman–Crippen LogP) is 1.79. The molecule has 3 nitrogen and oxygen atoms in total. The number of aliphatic hydroxyl groups excluding tert-OH is 2. The Morgan fingerprint density at radius 1 is 1.33 bits per heavy atom. The number of aliphatic hydroxyl groups is 2. The largest absolute Gasteiger partial charge is 0.395 e. The average Bonchev–Trinajstić information content (AvgIpc) is 2.89. The first-order valence-electron chi connectivity index (χ1n) is 6.61. The van der Waals surface area contributed by atoms with E-state index in [0.717, 1.165) is 30.6 Å². The molecule has 1 atom stereocenters. The van der Waals surface area contributed by atoms with Crippen LogP contribution in [-0.4, -0.2) is 36.1 Å². The molecular formula is C15H22O3. The molecule has 3 heteroatoms. The number of hydrogen-bond donors (Lipinski definition) is 2. The summed E-state index contributed by atoms with van der Waals surface area (Å²) in [4.78, 5) is 0. The molecule has 0 aliphatic carbocycles. The van der Waals surface area contributed by atoms with Crippen LogP contribution in [0.25, 0.3) is 0 Å². The van der Waals surface area contributed by atoms with Crippen molar-refractivity contribution in [2.75, 3.05) is 19.8 Å². The molecule has 0 spiro atoms. The van der Waals surface area contributed by atoms with Gasteiger partial charge in [0.25, 0.3) is 0 Å². The van der Waals surface area contributed by atoms with Gasteiger partial charge in [0.15, 0.2) is 0 Å². The molecule has 18 heavy (non-hydrogen) atoms.